The summed E-state index contributed by atoms with van der Waals surface area (Å²) in [5, 5.41) is 3.41. The molecule has 4 atom stereocenters. The van der Waals surface area contributed by atoms with Gasteiger partial charge in [-0.25, -0.2) is 14.4 Å². The van der Waals surface area contributed by atoms with Crippen molar-refractivity contribution < 1.29 is 4.39 Å². The molecule has 0 amide bonds. The maximum atomic E-state index is 15.0. The molecule has 30 heavy (non-hydrogen) atoms. The summed E-state index contributed by atoms with van der Waals surface area (Å²) in [7, 11) is 1.87. The molecule has 2 saturated heterocycles. The molecule has 3 aromatic rings. The van der Waals surface area contributed by atoms with Crippen molar-refractivity contribution in [2.24, 2.45) is 0 Å². The maximum Gasteiger partial charge on any atom is 0.193 e. The van der Waals surface area contributed by atoms with E-state index in [0.29, 0.717) is 28.9 Å². The molecule has 2 aliphatic rings. The second-order valence-electron chi connectivity index (χ2n) is 8.09. The van der Waals surface area contributed by atoms with E-state index in [1.807, 2.05) is 11.9 Å². The lowest BCUT2D eigenvalue weighted by Gasteiger charge is -2.46. The summed E-state index contributed by atoms with van der Waals surface area (Å²) in [5.74, 6) is 1.23. The Labute approximate surface area is 173 Å². The molecule has 0 aromatic carbocycles. The first-order valence-corrected chi connectivity index (χ1v) is 10.3. The zero-order valence-electron chi connectivity index (χ0n) is 16.7. The molecule has 5 heterocycles. The number of aromatic nitrogens is 5. The lowest BCUT2D eigenvalue weighted by molar-refractivity contribution is 0.107. The van der Waals surface area contributed by atoms with Crippen LogP contribution in [-0.2, 0) is 0 Å². The Balaban J connectivity index is 1.36. The number of piperidine rings is 2. The lowest BCUT2D eigenvalue weighted by atomic mass is 9.82. The first-order chi connectivity index (χ1) is 14.6. The monoisotopic (exact) mass is 409 g/mol. The molecule has 0 saturated carbocycles. The summed E-state index contributed by atoms with van der Waals surface area (Å²) in [6, 6.07) is 1.56. The van der Waals surface area contributed by atoms with E-state index in [0.717, 1.165) is 25.7 Å². The molecular weight excluding hydrogens is 385 g/mol. The second kappa shape index (κ2) is 7.64. The number of alkyl halides is 1. The van der Waals surface area contributed by atoms with Crippen LogP contribution in [0.25, 0.3) is 17.1 Å². The highest BCUT2D eigenvalue weighted by molar-refractivity contribution is 5.58. The SMILES string of the molecule is CN(c1cnc(-c2c[nH]c(-n3ccnc3)cc2=O)cn1)[C@@H]1CC2CCCC(N2)[C@H]1F. The minimum absolute atomic E-state index is 0.0789. The smallest absolute Gasteiger partial charge is 0.193 e. The number of aromatic amines is 1. The zero-order valence-corrected chi connectivity index (χ0v) is 16.7. The molecule has 0 aliphatic carbocycles. The first-order valence-electron chi connectivity index (χ1n) is 10.3. The molecule has 3 aromatic heterocycles. The number of hydrogen-bond acceptors (Lipinski definition) is 6. The third-order valence-corrected chi connectivity index (χ3v) is 6.25. The van der Waals surface area contributed by atoms with Gasteiger partial charge in [-0.3, -0.25) is 14.3 Å². The minimum atomic E-state index is -0.938. The van der Waals surface area contributed by atoms with Gasteiger partial charge >= 0.3 is 0 Å². The second-order valence-corrected chi connectivity index (χ2v) is 8.09. The Morgan fingerprint density at radius 3 is 2.90 bits per heavy atom. The molecule has 2 aliphatic heterocycles. The van der Waals surface area contributed by atoms with E-state index in [4.69, 9.17) is 0 Å². The van der Waals surface area contributed by atoms with E-state index in [9.17, 15) is 4.79 Å². The Morgan fingerprint density at radius 1 is 1.27 bits per heavy atom. The van der Waals surface area contributed by atoms with Crippen LogP contribution in [0.1, 0.15) is 25.7 Å². The van der Waals surface area contributed by atoms with Gasteiger partial charge in [0.15, 0.2) is 5.43 Å². The van der Waals surface area contributed by atoms with Gasteiger partial charge in [-0.15, -0.1) is 0 Å². The molecule has 0 spiro atoms. The van der Waals surface area contributed by atoms with Gasteiger partial charge in [0.05, 0.1) is 29.7 Å². The molecule has 2 bridgehead atoms. The number of fused-ring (bicyclic) bond motifs is 2. The fourth-order valence-corrected chi connectivity index (χ4v) is 4.58. The number of pyridine rings is 1. The van der Waals surface area contributed by atoms with Crippen LogP contribution in [0.2, 0.25) is 0 Å². The molecule has 9 heteroatoms. The van der Waals surface area contributed by atoms with Crippen LogP contribution in [0, 0.1) is 0 Å². The number of rotatable bonds is 4. The Kier molecular flexibility index (Phi) is 4.82. The first kappa shape index (κ1) is 18.9. The van der Waals surface area contributed by atoms with Gasteiger partial charge in [0.25, 0.3) is 0 Å². The van der Waals surface area contributed by atoms with E-state index in [1.165, 1.54) is 6.07 Å². The van der Waals surface area contributed by atoms with Gasteiger partial charge in [0, 0.05) is 43.8 Å². The molecule has 0 radical (unpaired) electrons. The quantitative estimate of drug-likeness (QED) is 0.686. The van der Waals surface area contributed by atoms with Crippen molar-refractivity contribution in [1.29, 1.82) is 0 Å². The number of halogens is 1. The van der Waals surface area contributed by atoms with E-state index in [1.54, 1.807) is 41.9 Å². The highest BCUT2D eigenvalue weighted by atomic mass is 19.1. The maximum absolute atomic E-state index is 15.0. The van der Waals surface area contributed by atoms with Crippen molar-refractivity contribution in [2.75, 3.05) is 11.9 Å². The topological polar surface area (TPSA) is 91.7 Å². The van der Waals surface area contributed by atoms with Crippen LogP contribution in [-0.4, -0.2) is 55.8 Å². The van der Waals surface area contributed by atoms with Crippen molar-refractivity contribution in [3.63, 3.8) is 0 Å². The van der Waals surface area contributed by atoms with Crippen molar-refractivity contribution in [3.05, 3.63) is 53.6 Å². The van der Waals surface area contributed by atoms with Gasteiger partial charge in [-0.2, -0.15) is 0 Å². The summed E-state index contributed by atoms with van der Waals surface area (Å²) in [4.78, 5) is 30.4. The molecule has 8 nitrogen and oxygen atoms in total. The molecule has 2 N–H and O–H groups in total. The van der Waals surface area contributed by atoms with E-state index < -0.39 is 6.17 Å². The van der Waals surface area contributed by atoms with Gasteiger partial charge in [-0.05, 0) is 19.3 Å². The summed E-state index contributed by atoms with van der Waals surface area (Å²) < 4.78 is 16.7. The minimum Gasteiger partial charge on any atom is -0.352 e. The highest BCUT2D eigenvalue weighted by Crippen LogP contribution is 2.32. The third kappa shape index (κ3) is 3.39. The summed E-state index contributed by atoms with van der Waals surface area (Å²) in [5.41, 5.74) is 0.743. The number of hydrogen-bond donors (Lipinski definition) is 2. The van der Waals surface area contributed by atoms with Gasteiger partial charge in [-0.1, -0.05) is 6.42 Å². The summed E-state index contributed by atoms with van der Waals surface area (Å²) >= 11 is 0. The predicted octanol–water partition coefficient (Wildman–Crippen LogP) is 2.07. The fourth-order valence-electron chi connectivity index (χ4n) is 4.58. The molecule has 5 rings (SSSR count). The average Bonchev–Trinajstić information content (AvgIpc) is 3.31. The number of nitrogens with one attached hydrogen (secondary N) is 2. The van der Waals surface area contributed by atoms with Crippen LogP contribution in [0.15, 0.2) is 48.2 Å². The van der Waals surface area contributed by atoms with Gasteiger partial charge in [0.1, 0.15) is 24.1 Å². The standard InChI is InChI=1S/C21H24FN7O/c1-28(17-7-13-3-2-4-15(27-13)21(17)22)20-11-24-16(10-26-20)14-9-25-19(8-18(14)30)29-6-5-23-12-29/h5-6,8-13,15,17,21,27H,2-4,7H2,1H3,(H,25,30)/t13?,15?,17-,21-/m1/s1. The Hall–Kier alpha value is -3.07. The van der Waals surface area contributed by atoms with E-state index in [-0.39, 0.29) is 17.5 Å². The van der Waals surface area contributed by atoms with Crippen molar-refractivity contribution in [2.45, 2.75) is 50.0 Å². The average molecular weight is 409 g/mol. The van der Waals surface area contributed by atoms with Crippen LogP contribution in [0.3, 0.4) is 0 Å². The number of anilines is 1. The van der Waals surface area contributed by atoms with E-state index in [2.05, 4.69) is 25.3 Å². The highest BCUT2D eigenvalue weighted by Gasteiger charge is 2.41. The number of imidazole rings is 1. The largest absolute Gasteiger partial charge is 0.352 e. The molecule has 2 unspecified atom stereocenters. The number of H-pyrrole nitrogens is 1. The van der Waals surface area contributed by atoms with Crippen molar-refractivity contribution >= 4 is 5.82 Å². The lowest BCUT2D eigenvalue weighted by Crippen LogP contribution is -2.61. The fraction of sp³-hybridized carbons (Fsp3) is 0.429. The molecule has 2 fully saturated rings. The third-order valence-electron chi connectivity index (χ3n) is 6.25. The van der Waals surface area contributed by atoms with Crippen LogP contribution >= 0.6 is 0 Å². The van der Waals surface area contributed by atoms with Crippen molar-refractivity contribution in [3.8, 4) is 17.1 Å². The van der Waals surface area contributed by atoms with Gasteiger partial charge in [0.2, 0.25) is 0 Å². The normalized spacial score (nSPS) is 25.8. The van der Waals surface area contributed by atoms with Crippen molar-refractivity contribution in [1.82, 2.24) is 29.8 Å². The molecule has 156 valence electrons. The Morgan fingerprint density at radius 2 is 2.17 bits per heavy atom. The zero-order chi connectivity index (χ0) is 20.7. The summed E-state index contributed by atoms with van der Waals surface area (Å²) in [6.45, 7) is 0. The van der Waals surface area contributed by atoms with Gasteiger partial charge < -0.3 is 15.2 Å². The molecular formula is C21H24FN7O. The summed E-state index contributed by atoms with van der Waals surface area (Å²) in [6.07, 6.45) is 12.7. The Bertz CT molecular complexity index is 1070. The predicted molar refractivity (Wildman–Crippen MR) is 111 cm³/mol. The van der Waals surface area contributed by atoms with Crippen LogP contribution in [0.4, 0.5) is 10.2 Å². The van der Waals surface area contributed by atoms with Crippen LogP contribution in [0.5, 0.6) is 0 Å². The van der Waals surface area contributed by atoms with Crippen LogP contribution < -0.4 is 15.6 Å². The van der Waals surface area contributed by atoms with E-state index >= 15 is 4.39 Å². The number of nitrogens with zero attached hydrogens (tertiary/aromatic N) is 5.